The summed E-state index contributed by atoms with van der Waals surface area (Å²) in [4.78, 5) is 11.5. The second-order valence-electron chi connectivity index (χ2n) is 3.14. The fourth-order valence-corrected chi connectivity index (χ4v) is 1.30. The van der Waals surface area contributed by atoms with Crippen molar-refractivity contribution in [1.29, 1.82) is 0 Å². The molecule has 0 aromatic heterocycles. The van der Waals surface area contributed by atoms with E-state index in [1.807, 2.05) is 6.07 Å². The Morgan fingerprint density at radius 1 is 1.27 bits per heavy atom. The van der Waals surface area contributed by atoms with E-state index in [0.29, 0.717) is 18.8 Å². The number of esters is 1. The molecule has 0 bridgehead atoms. The number of hydrogen-bond acceptors (Lipinski definition) is 4. The maximum atomic E-state index is 11.5. The summed E-state index contributed by atoms with van der Waals surface area (Å²) in [6.45, 7) is 1.27. The van der Waals surface area contributed by atoms with Crippen molar-refractivity contribution in [3.63, 3.8) is 0 Å². The fraction of sp³-hybridized carbons (Fsp3) is 0.364. The maximum absolute atomic E-state index is 11.5. The van der Waals surface area contributed by atoms with E-state index in [9.17, 15) is 4.79 Å². The molecule has 1 aliphatic heterocycles. The third-order valence-corrected chi connectivity index (χ3v) is 2.05. The monoisotopic (exact) mass is 208 g/mol. The normalized spacial score (nSPS) is 16.5. The third-order valence-electron chi connectivity index (χ3n) is 2.05. The lowest BCUT2D eigenvalue weighted by atomic mass is 10.2. The molecule has 0 saturated carbocycles. The molecule has 1 heterocycles. The van der Waals surface area contributed by atoms with Crippen LogP contribution in [-0.4, -0.2) is 32.1 Å². The van der Waals surface area contributed by atoms with Crippen LogP contribution in [0.25, 0.3) is 0 Å². The highest BCUT2D eigenvalue weighted by Crippen LogP contribution is 2.06. The van der Waals surface area contributed by atoms with Gasteiger partial charge in [0.2, 0.25) is 0 Å². The quantitative estimate of drug-likeness (QED) is 0.700. The summed E-state index contributed by atoms with van der Waals surface area (Å²) in [6, 6.07) is 8.84. The highest BCUT2D eigenvalue weighted by molar-refractivity contribution is 5.89. The van der Waals surface area contributed by atoms with Crippen LogP contribution in [0, 0.1) is 0 Å². The van der Waals surface area contributed by atoms with Crippen molar-refractivity contribution in [3.8, 4) is 0 Å². The molecule has 4 nitrogen and oxygen atoms in total. The largest absolute Gasteiger partial charge is 0.457 e. The standard InChI is InChI=1S/C11H12O4/c12-11(9-4-2-1-3-5-9)15-8-10-13-6-7-14-10/h1-5,10H,6-8H2. The van der Waals surface area contributed by atoms with Gasteiger partial charge in [0, 0.05) is 0 Å². The summed E-state index contributed by atoms with van der Waals surface area (Å²) in [5.41, 5.74) is 0.537. The van der Waals surface area contributed by atoms with E-state index >= 15 is 0 Å². The molecule has 1 fully saturated rings. The maximum Gasteiger partial charge on any atom is 0.338 e. The molecule has 1 aliphatic rings. The van der Waals surface area contributed by atoms with Crippen LogP contribution in [0.1, 0.15) is 10.4 Å². The molecule has 0 aliphatic carbocycles. The minimum atomic E-state index is -0.405. The van der Waals surface area contributed by atoms with Gasteiger partial charge in [0.25, 0.3) is 0 Å². The summed E-state index contributed by atoms with van der Waals surface area (Å²) < 4.78 is 15.3. The molecule has 1 saturated heterocycles. The van der Waals surface area contributed by atoms with Crippen LogP contribution in [0.2, 0.25) is 0 Å². The first-order valence-electron chi connectivity index (χ1n) is 4.81. The zero-order valence-electron chi connectivity index (χ0n) is 8.22. The Balaban J connectivity index is 1.82. The topological polar surface area (TPSA) is 44.8 Å². The molecule has 2 rings (SSSR count). The van der Waals surface area contributed by atoms with Gasteiger partial charge in [0.1, 0.15) is 6.61 Å². The van der Waals surface area contributed by atoms with Crippen molar-refractivity contribution in [3.05, 3.63) is 35.9 Å². The van der Waals surface area contributed by atoms with Crippen LogP contribution in [0.4, 0.5) is 0 Å². The molecule has 1 aromatic rings. The highest BCUT2D eigenvalue weighted by atomic mass is 16.7. The minimum Gasteiger partial charge on any atom is -0.457 e. The van der Waals surface area contributed by atoms with E-state index in [2.05, 4.69) is 0 Å². The van der Waals surface area contributed by atoms with Crippen LogP contribution in [-0.2, 0) is 14.2 Å². The number of rotatable bonds is 3. The summed E-state index contributed by atoms with van der Waals surface area (Å²) in [5.74, 6) is -0.352. The number of carbonyl (C=O) groups excluding carboxylic acids is 1. The van der Waals surface area contributed by atoms with Gasteiger partial charge in [-0.25, -0.2) is 4.79 Å². The number of ether oxygens (including phenoxy) is 3. The SMILES string of the molecule is O=C(OCC1OCCO1)c1ccccc1. The first-order valence-corrected chi connectivity index (χ1v) is 4.81. The van der Waals surface area contributed by atoms with Gasteiger partial charge in [-0.1, -0.05) is 18.2 Å². The molecular weight excluding hydrogens is 196 g/mol. The zero-order valence-corrected chi connectivity index (χ0v) is 8.22. The third kappa shape index (κ3) is 2.78. The van der Waals surface area contributed by atoms with Gasteiger partial charge < -0.3 is 14.2 Å². The van der Waals surface area contributed by atoms with Crippen LogP contribution in [0.15, 0.2) is 30.3 Å². The van der Waals surface area contributed by atoms with Gasteiger partial charge in [-0.3, -0.25) is 0 Å². The van der Waals surface area contributed by atoms with Gasteiger partial charge in [0.05, 0.1) is 18.8 Å². The molecule has 0 spiro atoms. The van der Waals surface area contributed by atoms with Crippen LogP contribution >= 0.6 is 0 Å². The van der Waals surface area contributed by atoms with Crippen molar-refractivity contribution in [2.75, 3.05) is 19.8 Å². The van der Waals surface area contributed by atoms with E-state index in [-0.39, 0.29) is 12.6 Å². The predicted octanol–water partition coefficient (Wildman–Crippen LogP) is 1.22. The van der Waals surface area contributed by atoms with Crippen molar-refractivity contribution in [1.82, 2.24) is 0 Å². The lowest BCUT2D eigenvalue weighted by Gasteiger charge is -2.09. The molecule has 80 valence electrons. The molecular formula is C11H12O4. The number of hydrogen-bond donors (Lipinski definition) is 0. The first-order chi connectivity index (χ1) is 7.36. The van der Waals surface area contributed by atoms with Crippen molar-refractivity contribution >= 4 is 5.97 Å². The molecule has 15 heavy (non-hydrogen) atoms. The molecule has 0 amide bonds. The molecule has 1 aromatic carbocycles. The molecule has 0 atom stereocenters. The van der Waals surface area contributed by atoms with E-state index in [4.69, 9.17) is 14.2 Å². The second-order valence-corrected chi connectivity index (χ2v) is 3.14. The van der Waals surface area contributed by atoms with Gasteiger partial charge in [-0.15, -0.1) is 0 Å². The molecule has 4 heteroatoms. The van der Waals surface area contributed by atoms with Gasteiger partial charge in [-0.2, -0.15) is 0 Å². The highest BCUT2D eigenvalue weighted by Gasteiger charge is 2.18. The Labute approximate surface area is 87.8 Å². The number of carbonyl (C=O) groups is 1. The minimum absolute atomic E-state index is 0.147. The zero-order chi connectivity index (χ0) is 10.5. The van der Waals surface area contributed by atoms with E-state index in [1.165, 1.54) is 0 Å². The van der Waals surface area contributed by atoms with Crippen LogP contribution in [0.5, 0.6) is 0 Å². The van der Waals surface area contributed by atoms with E-state index in [1.54, 1.807) is 24.3 Å². The van der Waals surface area contributed by atoms with Crippen LogP contribution in [0.3, 0.4) is 0 Å². The fourth-order valence-electron chi connectivity index (χ4n) is 1.30. The Morgan fingerprint density at radius 3 is 2.60 bits per heavy atom. The first kappa shape index (κ1) is 10.1. The summed E-state index contributed by atoms with van der Waals surface area (Å²) in [5, 5.41) is 0. The molecule has 0 radical (unpaired) electrons. The van der Waals surface area contributed by atoms with Crippen molar-refractivity contribution in [2.45, 2.75) is 6.29 Å². The van der Waals surface area contributed by atoms with Gasteiger partial charge >= 0.3 is 5.97 Å². The average Bonchev–Trinajstić information content (AvgIpc) is 2.80. The molecule has 0 unspecified atom stereocenters. The van der Waals surface area contributed by atoms with Crippen molar-refractivity contribution in [2.24, 2.45) is 0 Å². The van der Waals surface area contributed by atoms with Gasteiger partial charge in [0.15, 0.2) is 6.29 Å². The Morgan fingerprint density at radius 2 is 1.93 bits per heavy atom. The summed E-state index contributed by atoms with van der Waals surface area (Å²) in [7, 11) is 0. The lowest BCUT2D eigenvalue weighted by Crippen LogP contribution is -2.19. The number of benzene rings is 1. The smallest absolute Gasteiger partial charge is 0.338 e. The Kier molecular flexibility index (Phi) is 3.32. The van der Waals surface area contributed by atoms with E-state index < -0.39 is 6.29 Å². The Bertz CT molecular complexity index is 317. The van der Waals surface area contributed by atoms with Crippen molar-refractivity contribution < 1.29 is 19.0 Å². The van der Waals surface area contributed by atoms with Crippen LogP contribution < -0.4 is 0 Å². The van der Waals surface area contributed by atoms with E-state index in [0.717, 1.165) is 0 Å². The molecule has 0 N–H and O–H groups in total. The second kappa shape index (κ2) is 4.91. The lowest BCUT2D eigenvalue weighted by molar-refractivity contribution is -0.0809. The predicted molar refractivity (Wildman–Crippen MR) is 52.4 cm³/mol. The van der Waals surface area contributed by atoms with Gasteiger partial charge in [-0.05, 0) is 12.1 Å². The summed E-state index contributed by atoms with van der Waals surface area (Å²) >= 11 is 0. The summed E-state index contributed by atoms with van der Waals surface area (Å²) in [6.07, 6.45) is -0.405. The average molecular weight is 208 g/mol. The Hall–Kier alpha value is -1.39.